The molecule has 1 heterocycles. The lowest BCUT2D eigenvalue weighted by molar-refractivity contribution is 0.152. The minimum absolute atomic E-state index is 0.450. The topological polar surface area (TPSA) is 29.9 Å². The SMILES string of the molecule is COCC(C)Cn1c(=S)[nH]c2ccc(C)cc21. The van der Waals surface area contributed by atoms with Crippen LogP contribution in [0.15, 0.2) is 18.2 Å². The highest BCUT2D eigenvalue weighted by atomic mass is 32.1. The number of hydrogen-bond acceptors (Lipinski definition) is 2. The van der Waals surface area contributed by atoms with Gasteiger partial charge in [-0.1, -0.05) is 13.0 Å². The molecular weight excluding hydrogens is 232 g/mol. The number of nitrogens with one attached hydrogen (secondary N) is 1. The van der Waals surface area contributed by atoms with Gasteiger partial charge in [-0.2, -0.15) is 0 Å². The molecule has 17 heavy (non-hydrogen) atoms. The van der Waals surface area contributed by atoms with E-state index in [1.165, 1.54) is 11.1 Å². The molecule has 4 heteroatoms. The zero-order chi connectivity index (χ0) is 12.4. The summed E-state index contributed by atoms with van der Waals surface area (Å²) >= 11 is 5.37. The van der Waals surface area contributed by atoms with E-state index in [0.29, 0.717) is 5.92 Å². The third kappa shape index (κ3) is 2.58. The van der Waals surface area contributed by atoms with Gasteiger partial charge in [0.25, 0.3) is 0 Å². The van der Waals surface area contributed by atoms with Crippen LogP contribution in [0.5, 0.6) is 0 Å². The lowest BCUT2D eigenvalue weighted by Crippen LogP contribution is -2.12. The number of nitrogens with zero attached hydrogens (tertiary/aromatic N) is 1. The Bertz CT molecular complexity index is 570. The summed E-state index contributed by atoms with van der Waals surface area (Å²) in [7, 11) is 1.73. The molecule has 2 rings (SSSR count). The molecule has 1 atom stereocenters. The highest BCUT2D eigenvalue weighted by Gasteiger charge is 2.08. The predicted octanol–water partition coefficient (Wildman–Crippen LogP) is 3.29. The summed E-state index contributed by atoms with van der Waals surface area (Å²) in [6.07, 6.45) is 0. The van der Waals surface area contributed by atoms with E-state index in [4.69, 9.17) is 17.0 Å². The number of imidazole rings is 1. The maximum atomic E-state index is 5.37. The summed E-state index contributed by atoms with van der Waals surface area (Å²) in [5, 5.41) is 0. The molecule has 3 nitrogen and oxygen atoms in total. The molecular formula is C13H18N2OS. The van der Waals surface area contributed by atoms with Gasteiger partial charge in [0.1, 0.15) is 0 Å². The normalized spacial score (nSPS) is 13.1. The van der Waals surface area contributed by atoms with Crippen LogP contribution in [0.1, 0.15) is 12.5 Å². The second-order valence-corrected chi connectivity index (χ2v) is 5.01. The Hall–Kier alpha value is -1.13. The lowest BCUT2D eigenvalue weighted by atomic mass is 10.2. The molecule has 0 saturated heterocycles. The number of aromatic amines is 1. The maximum absolute atomic E-state index is 5.37. The number of aromatic nitrogens is 2. The van der Waals surface area contributed by atoms with Crippen LogP contribution >= 0.6 is 12.2 Å². The average Bonchev–Trinajstić information content (AvgIpc) is 2.56. The van der Waals surface area contributed by atoms with Crippen LogP contribution < -0.4 is 0 Å². The van der Waals surface area contributed by atoms with Crippen LogP contribution in [0.4, 0.5) is 0 Å². The van der Waals surface area contributed by atoms with Crippen LogP contribution in [-0.2, 0) is 11.3 Å². The molecule has 1 unspecified atom stereocenters. The van der Waals surface area contributed by atoms with Crippen molar-refractivity contribution in [2.45, 2.75) is 20.4 Å². The quantitative estimate of drug-likeness (QED) is 0.844. The molecule has 92 valence electrons. The van der Waals surface area contributed by atoms with Crippen molar-refractivity contribution in [1.29, 1.82) is 0 Å². The maximum Gasteiger partial charge on any atom is 0.178 e. The number of H-pyrrole nitrogens is 1. The van der Waals surface area contributed by atoms with Gasteiger partial charge in [0.2, 0.25) is 0 Å². The van der Waals surface area contributed by atoms with E-state index in [9.17, 15) is 0 Å². The van der Waals surface area contributed by atoms with Crippen molar-refractivity contribution in [3.63, 3.8) is 0 Å². The minimum Gasteiger partial charge on any atom is -0.384 e. The lowest BCUT2D eigenvalue weighted by Gasteiger charge is -2.12. The standard InChI is InChI=1S/C13H18N2OS/c1-9-4-5-11-12(6-9)15(13(17)14-11)7-10(2)8-16-3/h4-6,10H,7-8H2,1-3H3,(H,14,17). The molecule has 0 aliphatic heterocycles. The van der Waals surface area contributed by atoms with Gasteiger partial charge in [0.15, 0.2) is 4.77 Å². The minimum atomic E-state index is 0.450. The summed E-state index contributed by atoms with van der Waals surface area (Å²) in [5.41, 5.74) is 3.53. The van der Waals surface area contributed by atoms with Crippen LogP contribution in [0.25, 0.3) is 11.0 Å². The molecule has 0 amide bonds. The molecule has 0 bridgehead atoms. The first-order chi connectivity index (χ1) is 8.11. The first-order valence-electron chi connectivity index (χ1n) is 5.80. The monoisotopic (exact) mass is 250 g/mol. The van der Waals surface area contributed by atoms with E-state index in [-0.39, 0.29) is 0 Å². The number of benzene rings is 1. The molecule has 0 radical (unpaired) electrons. The second-order valence-electron chi connectivity index (χ2n) is 4.62. The largest absolute Gasteiger partial charge is 0.384 e. The first-order valence-corrected chi connectivity index (χ1v) is 6.20. The predicted molar refractivity (Wildman–Crippen MR) is 72.9 cm³/mol. The van der Waals surface area contributed by atoms with Gasteiger partial charge in [-0.3, -0.25) is 0 Å². The number of rotatable bonds is 4. The highest BCUT2D eigenvalue weighted by Crippen LogP contribution is 2.17. The van der Waals surface area contributed by atoms with Crippen LogP contribution in [-0.4, -0.2) is 23.3 Å². The van der Waals surface area contributed by atoms with Crippen molar-refractivity contribution in [1.82, 2.24) is 9.55 Å². The van der Waals surface area contributed by atoms with Gasteiger partial charge >= 0.3 is 0 Å². The van der Waals surface area contributed by atoms with Crippen molar-refractivity contribution in [2.24, 2.45) is 5.92 Å². The molecule has 1 N–H and O–H groups in total. The Morgan fingerprint density at radius 1 is 1.47 bits per heavy atom. The fourth-order valence-corrected chi connectivity index (χ4v) is 2.38. The number of ether oxygens (including phenoxy) is 1. The van der Waals surface area contributed by atoms with E-state index in [0.717, 1.165) is 23.4 Å². The zero-order valence-electron chi connectivity index (χ0n) is 10.5. The summed E-state index contributed by atoms with van der Waals surface area (Å²) in [6, 6.07) is 6.34. The van der Waals surface area contributed by atoms with Crippen molar-refractivity contribution in [3.8, 4) is 0 Å². The number of hydrogen-bond donors (Lipinski definition) is 1. The number of aryl methyl sites for hydroxylation is 1. The van der Waals surface area contributed by atoms with E-state index < -0.39 is 0 Å². The first kappa shape index (κ1) is 12.3. The van der Waals surface area contributed by atoms with Crippen LogP contribution in [0.2, 0.25) is 0 Å². The van der Waals surface area contributed by atoms with Crippen LogP contribution in [0, 0.1) is 17.6 Å². The van der Waals surface area contributed by atoms with Gasteiger partial charge in [0, 0.05) is 13.7 Å². The van der Waals surface area contributed by atoms with Crippen molar-refractivity contribution in [2.75, 3.05) is 13.7 Å². The van der Waals surface area contributed by atoms with Crippen molar-refractivity contribution >= 4 is 23.3 Å². The smallest absolute Gasteiger partial charge is 0.178 e. The summed E-state index contributed by atoms with van der Waals surface area (Å²) in [4.78, 5) is 3.24. The van der Waals surface area contributed by atoms with E-state index in [1.54, 1.807) is 7.11 Å². The molecule has 0 fully saturated rings. The molecule has 0 aliphatic rings. The Labute approximate surface area is 106 Å². The Balaban J connectivity index is 2.42. The van der Waals surface area contributed by atoms with E-state index >= 15 is 0 Å². The van der Waals surface area contributed by atoms with Gasteiger partial charge in [0.05, 0.1) is 17.6 Å². The van der Waals surface area contributed by atoms with E-state index in [2.05, 4.69) is 41.6 Å². The molecule has 0 aliphatic carbocycles. The number of fused-ring (bicyclic) bond motifs is 1. The van der Waals surface area contributed by atoms with Crippen molar-refractivity contribution in [3.05, 3.63) is 28.5 Å². The van der Waals surface area contributed by atoms with Crippen LogP contribution in [0.3, 0.4) is 0 Å². The zero-order valence-corrected chi connectivity index (χ0v) is 11.3. The Kier molecular flexibility index (Phi) is 3.64. The molecule has 1 aromatic heterocycles. The Morgan fingerprint density at radius 2 is 2.24 bits per heavy atom. The molecule has 1 aromatic carbocycles. The fraction of sp³-hybridized carbons (Fsp3) is 0.462. The van der Waals surface area contributed by atoms with Gasteiger partial charge in [-0.25, -0.2) is 0 Å². The molecule has 2 aromatic rings. The van der Waals surface area contributed by atoms with Gasteiger partial charge in [-0.05, 0) is 42.8 Å². The third-order valence-corrected chi connectivity index (χ3v) is 3.20. The number of methoxy groups -OCH3 is 1. The second kappa shape index (κ2) is 5.02. The summed E-state index contributed by atoms with van der Waals surface area (Å²) in [5.74, 6) is 0.450. The molecule has 0 saturated carbocycles. The fourth-order valence-electron chi connectivity index (χ4n) is 2.09. The average molecular weight is 250 g/mol. The summed E-state index contributed by atoms with van der Waals surface area (Å²) in [6.45, 7) is 5.90. The van der Waals surface area contributed by atoms with Gasteiger partial charge < -0.3 is 14.3 Å². The van der Waals surface area contributed by atoms with Crippen molar-refractivity contribution < 1.29 is 4.74 Å². The third-order valence-electron chi connectivity index (χ3n) is 2.88. The van der Waals surface area contributed by atoms with Gasteiger partial charge in [-0.15, -0.1) is 0 Å². The Morgan fingerprint density at radius 3 is 2.94 bits per heavy atom. The summed E-state index contributed by atoms with van der Waals surface area (Å²) < 4.78 is 8.11. The molecule has 0 spiro atoms. The highest BCUT2D eigenvalue weighted by molar-refractivity contribution is 7.71. The van der Waals surface area contributed by atoms with E-state index in [1.807, 2.05) is 0 Å².